The molecule has 1 aromatic rings. The number of hydrogen-bond donors (Lipinski definition) is 0. The SMILES string of the molecule is CCC[CH2][Sn]([CH2]CCC)([CH2]CCC)[c]1c(Cl)ccnc1C(F)(F)F. The van der Waals surface area contributed by atoms with E-state index in [1.165, 1.54) is 6.20 Å². The van der Waals surface area contributed by atoms with Crippen molar-refractivity contribution in [3.05, 3.63) is 23.0 Å². The molecule has 0 aliphatic heterocycles. The third kappa shape index (κ3) is 5.79. The molecule has 1 heterocycles. The van der Waals surface area contributed by atoms with Crippen LogP contribution < -0.4 is 3.58 Å². The van der Waals surface area contributed by atoms with Crippen LogP contribution in [0.15, 0.2) is 12.3 Å². The Morgan fingerprint density at radius 2 is 1.42 bits per heavy atom. The second-order valence-corrected chi connectivity index (χ2v) is 20.0. The van der Waals surface area contributed by atoms with Gasteiger partial charge in [0.1, 0.15) is 0 Å². The molecule has 0 bridgehead atoms. The van der Waals surface area contributed by atoms with E-state index in [1.807, 2.05) is 0 Å². The number of hydrogen-bond acceptors (Lipinski definition) is 1. The number of nitrogens with zero attached hydrogens (tertiary/aromatic N) is 1. The fourth-order valence-electron chi connectivity index (χ4n) is 3.45. The molecule has 1 nitrogen and oxygen atoms in total. The third-order valence-electron chi connectivity index (χ3n) is 4.73. The van der Waals surface area contributed by atoms with E-state index in [9.17, 15) is 13.2 Å². The van der Waals surface area contributed by atoms with E-state index >= 15 is 0 Å². The number of unbranched alkanes of at least 4 members (excludes halogenated alkanes) is 3. The topological polar surface area (TPSA) is 12.9 Å². The molecular weight excluding hydrogens is 441 g/mol. The summed E-state index contributed by atoms with van der Waals surface area (Å²) in [6.07, 6.45) is 2.78. The van der Waals surface area contributed by atoms with Gasteiger partial charge in [0.05, 0.1) is 0 Å². The van der Waals surface area contributed by atoms with Crippen molar-refractivity contribution in [3.63, 3.8) is 0 Å². The van der Waals surface area contributed by atoms with Gasteiger partial charge in [-0.15, -0.1) is 0 Å². The summed E-state index contributed by atoms with van der Waals surface area (Å²) in [5.74, 6) is 0. The summed E-state index contributed by atoms with van der Waals surface area (Å²) in [5, 5.41) is 0.302. The van der Waals surface area contributed by atoms with Gasteiger partial charge in [0.2, 0.25) is 0 Å². The Balaban J connectivity index is 3.50. The molecule has 0 amide bonds. The van der Waals surface area contributed by atoms with Gasteiger partial charge in [0.15, 0.2) is 0 Å². The van der Waals surface area contributed by atoms with Crippen LogP contribution in [0.4, 0.5) is 13.2 Å². The zero-order valence-electron chi connectivity index (χ0n) is 15.0. The Labute approximate surface area is 153 Å². The fourth-order valence-corrected chi connectivity index (χ4v) is 21.8. The van der Waals surface area contributed by atoms with Crippen LogP contribution in [0.5, 0.6) is 0 Å². The van der Waals surface area contributed by atoms with Crippen molar-refractivity contribution in [2.75, 3.05) is 0 Å². The summed E-state index contributed by atoms with van der Waals surface area (Å²) in [6.45, 7) is 6.31. The Morgan fingerprint density at radius 1 is 0.958 bits per heavy atom. The molecule has 0 saturated carbocycles. The zero-order valence-corrected chi connectivity index (χ0v) is 18.6. The first-order valence-electron chi connectivity index (χ1n) is 9.04. The molecule has 0 fully saturated rings. The molecule has 0 radical (unpaired) electrons. The summed E-state index contributed by atoms with van der Waals surface area (Å²) in [4.78, 5) is 3.74. The molecule has 0 saturated heterocycles. The van der Waals surface area contributed by atoms with Crippen LogP contribution in [0.2, 0.25) is 18.3 Å². The minimum absolute atomic E-state index is 0.302. The standard InChI is InChI=1S/C6H2ClF3N.3C4H9.Sn/c7-4-1-2-11-5(3-4)6(8,9)10;3*1-3-4-2;/h1-2H;3*1,3-4H2,2H3;. The van der Waals surface area contributed by atoms with Crippen molar-refractivity contribution < 1.29 is 13.2 Å². The van der Waals surface area contributed by atoms with E-state index in [-0.39, 0.29) is 0 Å². The van der Waals surface area contributed by atoms with Gasteiger partial charge in [0.25, 0.3) is 0 Å². The molecule has 0 aromatic carbocycles. The van der Waals surface area contributed by atoms with Crippen LogP contribution in [-0.4, -0.2) is 23.4 Å². The number of rotatable bonds is 10. The summed E-state index contributed by atoms with van der Waals surface area (Å²) < 4.78 is 44.2. The number of pyridine rings is 1. The van der Waals surface area contributed by atoms with Gasteiger partial charge >= 0.3 is 153 Å². The van der Waals surface area contributed by atoms with Crippen molar-refractivity contribution in [2.24, 2.45) is 0 Å². The van der Waals surface area contributed by atoms with E-state index in [4.69, 9.17) is 11.6 Å². The van der Waals surface area contributed by atoms with Crippen LogP contribution >= 0.6 is 11.6 Å². The molecule has 0 aliphatic rings. The van der Waals surface area contributed by atoms with E-state index in [1.54, 1.807) is 6.07 Å². The molecule has 24 heavy (non-hydrogen) atoms. The van der Waals surface area contributed by atoms with Crippen molar-refractivity contribution in [2.45, 2.75) is 78.8 Å². The van der Waals surface area contributed by atoms with Gasteiger partial charge in [-0.05, 0) is 0 Å². The van der Waals surface area contributed by atoms with Crippen LogP contribution in [0.1, 0.15) is 65.0 Å². The van der Waals surface area contributed by atoms with Crippen LogP contribution in [0.3, 0.4) is 0 Å². The Bertz CT molecular complexity index is 484. The molecular formula is C18H29ClF3NSn. The van der Waals surface area contributed by atoms with Gasteiger partial charge in [0, 0.05) is 0 Å². The quantitative estimate of drug-likeness (QED) is 0.342. The van der Waals surface area contributed by atoms with Crippen molar-refractivity contribution in [1.29, 1.82) is 0 Å². The third-order valence-corrected chi connectivity index (χ3v) is 21.2. The number of aromatic nitrogens is 1. The first-order chi connectivity index (χ1) is 11.3. The van der Waals surface area contributed by atoms with Gasteiger partial charge in [-0.1, -0.05) is 0 Å². The van der Waals surface area contributed by atoms with Gasteiger partial charge < -0.3 is 0 Å². The molecule has 0 N–H and O–H groups in total. The molecule has 0 aliphatic carbocycles. The summed E-state index contributed by atoms with van der Waals surface area (Å²) in [6, 6.07) is 1.56. The van der Waals surface area contributed by atoms with E-state index < -0.39 is 30.2 Å². The van der Waals surface area contributed by atoms with Crippen molar-refractivity contribution in [3.8, 4) is 0 Å². The maximum atomic E-state index is 13.6. The van der Waals surface area contributed by atoms with Gasteiger partial charge in [-0.25, -0.2) is 0 Å². The number of alkyl halides is 3. The average Bonchev–Trinajstić information content (AvgIpc) is 2.54. The second kappa shape index (κ2) is 10.2. The molecule has 138 valence electrons. The molecule has 6 heteroatoms. The first kappa shape index (κ1) is 22.1. The summed E-state index contributed by atoms with van der Waals surface area (Å²) >= 11 is 3.09. The molecule has 0 spiro atoms. The van der Waals surface area contributed by atoms with E-state index in [0.29, 0.717) is 8.60 Å². The fraction of sp³-hybridized carbons (Fsp3) is 0.722. The minimum atomic E-state index is -4.42. The first-order valence-corrected chi connectivity index (χ1v) is 16.9. The average molecular weight is 471 g/mol. The maximum absolute atomic E-state index is 13.6. The van der Waals surface area contributed by atoms with Crippen LogP contribution in [0, 0.1) is 0 Å². The second-order valence-electron chi connectivity index (χ2n) is 6.61. The van der Waals surface area contributed by atoms with Crippen LogP contribution in [0.25, 0.3) is 0 Å². The molecule has 0 unspecified atom stereocenters. The normalized spacial score (nSPS) is 12.6. The van der Waals surface area contributed by atoms with E-state index in [0.717, 1.165) is 51.8 Å². The Morgan fingerprint density at radius 3 is 1.79 bits per heavy atom. The van der Waals surface area contributed by atoms with Gasteiger partial charge in [-0.2, -0.15) is 0 Å². The van der Waals surface area contributed by atoms with Crippen molar-refractivity contribution >= 4 is 33.6 Å². The molecule has 1 aromatic heterocycles. The monoisotopic (exact) mass is 471 g/mol. The van der Waals surface area contributed by atoms with Gasteiger partial charge in [-0.3, -0.25) is 0 Å². The summed E-state index contributed by atoms with van der Waals surface area (Å²) in [7, 11) is 0. The zero-order chi connectivity index (χ0) is 18.2. The Kier molecular flexibility index (Phi) is 9.42. The summed E-state index contributed by atoms with van der Waals surface area (Å²) in [5.41, 5.74) is -0.700. The van der Waals surface area contributed by atoms with E-state index in [2.05, 4.69) is 25.8 Å². The molecule has 1 rings (SSSR count). The predicted molar refractivity (Wildman–Crippen MR) is 98.8 cm³/mol. The Hall–Kier alpha value is 0.0287. The predicted octanol–water partition coefficient (Wildman–Crippen LogP) is 6.81. The number of halogens is 4. The van der Waals surface area contributed by atoms with Crippen molar-refractivity contribution in [1.82, 2.24) is 4.98 Å². The van der Waals surface area contributed by atoms with Crippen LogP contribution in [-0.2, 0) is 6.18 Å². The molecule has 0 atom stereocenters.